The summed E-state index contributed by atoms with van der Waals surface area (Å²) in [4.78, 5) is 29.3. The van der Waals surface area contributed by atoms with Crippen LogP contribution in [-0.4, -0.2) is 21.2 Å². The lowest BCUT2D eigenvalue weighted by Crippen LogP contribution is -2.29. The summed E-state index contributed by atoms with van der Waals surface area (Å²) in [7, 11) is 0. The average molecular weight is 361 g/mol. The third-order valence-corrected chi connectivity index (χ3v) is 5.10. The zero-order chi connectivity index (χ0) is 18.2. The minimum absolute atomic E-state index is 0.125. The Balaban J connectivity index is 1.75. The van der Waals surface area contributed by atoms with Gasteiger partial charge in [-0.3, -0.25) is 14.2 Å². The van der Waals surface area contributed by atoms with E-state index in [4.69, 9.17) is 0 Å². The summed E-state index contributed by atoms with van der Waals surface area (Å²) in [5.41, 5.74) is 0.964. The minimum Gasteiger partial charge on any atom is -0.326 e. The van der Waals surface area contributed by atoms with E-state index >= 15 is 0 Å². The van der Waals surface area contributed by atoms with Crippen LogP contribution in [0, 0.1) is 5.82 Å². The van der Waals surface area contributed by atoms with Crippen LogP contribution in [0.5, 0.6) is 0 Å². The predicted molar refractivity (Wildman–Crippen MR) is 96.6 cm³/mol. The van der Waals surface area contributed by atoms with E-state index in [1.165, 1.54) is 36.0 Å². The Hall–Kier alpha value is -2.15. The highest BCUT2D eigenvalue weighted by atomic mass is 32.2. The second kappa shape index (κ2) is 6.63. The van der Waals surface area contributed by atoms with Gasteiger partial charge in [-0.1, -0.05) is 32.5 Å². The lowest BCUT2D eigenvalue weighted by molar-refractivity contribution is -0.116. The van der Waals surface area contributed by atoms with Crippen molar-refractivity contribution in [2.24, 2.45) is 0 Å². The monoisotopic (exact) mass is 361 g/mol. The highest BCUT2D eigenvalue weighted by Gasteiger charge is 2.29. The van der Waals surface area contributed by atoms with Gasteiger partial charge in [-0.25, -0.2) is 9.37 Å². The van der Waals surface area contributed by atoms with Crippen molar-refractivity contribution < 1.29 is 9.18 Å². The van der Waals surface area contributed by atoms with Crippen LogP contribution in [-0.2, 0) is 10.2 Å². The molecule has 1 aromatic heterocycles. The summed E-state index contributed by atoms with van der Waals surface area (Å²) in [6, 6.07) is 6.93. The summed E-state index contributed by atoms with van der Waals surface area (Å²) in [6.45, 7) is 6.04. The number of hydrogen-bond donors (Lipinski definition) is 1. The SMILES string of the molecule is CC(C)(C)c1cc(=O)n2c(n1)SCC2CC(=O)Nc1ccc(F)cc1. The number of hydrogen-bond acceptors (Lipinski definition) is 4. The summed E-state index contributed by atoms with van der Waals surface area (Å²) in [6.07, 6.45) is 0.174. The van der Waals surface area contributed by atoms with Crippen LogP contribution < -0.4 is 10.9 Å². The number of thioether (sulfide) groups is 1. The zero-order valence-electron chi connectivity index (χ0n) is 14.4. The molecule has 5 nitrogen and oxygen atoms in total. The number of nitrogens with one attached hydrogen (secondary N) is 1. The third kappa shape index (κ3) is 3.92. The van der Waals surface area contributed by atoms with Crippen LogP contribution in [0.3, 0.4) is 0 Å². The molecule has 2 heterocycles. The van der Waals surface area contributed by atoms with Gasteiger partial charge in [-0.2, -0.15) is 0 Å². The van der Waals surface area contributed by atoms with E-state index in [9.17, 15) is 14.0 Å². The van der Waals surface area contributed by atoms with Gasteiger partial charge in [0.15, 0.2) is 5.16 Å². The second-order valence-corrected chi connectivity index (χ2v) is 8.09. The first-order valence-corrected chi connectivity index (χ1v) is 9.05. The smallest absolute Gasteiger partial charge is 0.254 e. The van der Waals surface area contributed by atoms with Crippen molar-refractivity contribution in [2.75, 3.05) is 11.1 Å². The Morgan fingerprint density at radius 1 is 1.36 bits per heavy atom. The normalized spacial score (nSPS) is 16.6. The van der Waals surface area contributed by atoms with Crippen LogP contribution in [0.4, 0.5) is 10.1 Å². The van der Waals surface area contributed by atoms with Crippen molar-refractivity contribution in [3.05, 3.63) is 52.2 Å². The van der Waals surface area contributed by atoms with Gasteiger partial charge in [0.1, 0.15) is 5.82 Å². The topological polar surface area (TPSA) is 64.0 Å². The molecule has 1 aliphatic heterocycles. The molecule has 7 heteroatoms. The largest absolute Gasteiger partial charge is 0.326 e. The van der Waals surface area contributed by atoms with Crippen molar-refractivity contribution in [1.29, 1.82) is 0 Å². The van der Waals surface area contributed by atoms with E-state index in [-0.39, 0.29) is 35.2 Å². The van der Waals surface area contributed by atoms with E-state index in [0.717, 1.165) is 5.69 Å². The number of nitrogens with zero attached hydrogens (tertiary/aromatic N) is 2. The number of anilines is 1. The standard InChI is InChI=1S/C18H20FN3O2S/c1-18(2,3)14-9-16(24)22-13(10-25-17(22)21-14)8-15(23)20-12-6-4-11(19)5-7-12/h4-7,9,13H,8,10H2,1-3H3,(H,20,23). The summed E-state index contributed by atoms with van der Waals surface area (Å²) >= 11 is 1.49. The molecule has 1 aliphatic rings. The van der Waals surface area contributed by atoms with E-state index in [1.54, 1.807) is 10.6 Å². The maximum absolute atomic E-state index is 12.9. The fraction of sp³-hybridized carbons (Fsp3) is 0.389. The van der Waals surface area contributed by atoms with Gasteiger partial charge in [0.25, 0.3) is 5.56 Å². The number of carbonyl (C=O) groups is 1. The molecule has 0 aliphatic carbocycles. The zero-order valence-corrected chi connectivity index (χ0v) is 15.2. The van der Waals surface area contributed by atoms with Crippen LogP contribution in [0.2, 0.25) is 0 Å². The van der Waals surface area contributed by atoms with E-state index in [1.807, 2.05) is 20.8 Å². The van der Waals surface area contributed by atoms with Gasteiger partial charge in [0, 0.05) is 29.3 Å². The molecule has 1 atom stereocenters. The number of aromatic nitrogens is 2. The number of benzene rings is 1. The lowest BCUT2D eigenvalue weighted by Gasteiger charge is -2.19. The van der Waals surface area contributed by atoms with Gasteiger partial charge >= 0.3 is 0 Å². The molecule has 1 amide bonds. The van der Waals surface area contributed by atoms with Gasteiger partial charge in [-0.05, 0) is 24.3 Å². The molecule has 0 saturated heterocycles. The second-order valence-electron chi connectivity index (χ2n) is 7.11. The molecule has 1 N–H and O–H groups in total. The van der Waals surface area contributed by atoms with Crippen LogP contribution in [0.1, 0.15) is 38.9 Å². The maximum Gasteiger partial charge on any atom is 0.254 e. The van der Waals surface area contributed by atoms with Crippen LogP contribution >= 0.6 is 11.8 Å². The molecular formula is C18H20FN3O2S. The molecule has 0 bridgehead atoms. The van der Waals surface area contributed by atoms with Crippen molar-refractivity contribution in [3.8, 4) is 0 Å². The number of amides is 1. The number of rotatable bonds is 3. The fourth-order valence-electron chi connectivity index (χ4n) is 2.65. The summed E-state index contributed by atoms with van der Waals surface area (Å²) in [5, 5.41) is 3.40. The molecular weight excluding hydrogens is 341 g/mol. The average Bonchev–Trinajstić information content (AvgIpc) is 2.92. The number of fused-ring (bicyclic) bond motifs is 1. The molecule has 0 saturated carbocycles. The Labute approximate surface area is 149 Å². The summed E-state index contributed by atoms with van der Waals surface area (Å²) < 4.78 is 14.5. The maximum atomic E-state index is 12.9. The quantitative estimate of drug-likeness (QED) is 0.852. The van der Waals surface area contributed by atoms with Gasteiger partial charge in [-0.15, -0.1) is 0 Å². The first-order valence-electron chi connectivity index (χ1n) is 8.06. The van der Waals surface area contributed by atoms with Gasteiger partial charge < -0.3 is 5.32 Å². The third-order valence-electron chi connectivity index (χ3n) is 4.01. The highest BCUT2D eigenvalue weighted by Crippen LogP contribution is 2.33. The Kier molecular flexibility index (Phi) is 4.69. The fourth-order valence-corrected chi connectivity index (χ4v) is 3.80. The minimum atomic E-state index is -0.355. The van der Waals surface area contributed by atoms with E-state index < -0.39 is 0 Å². The predicted octanol–water partition coefficient (Wildman–Crippen LogP) is 3.36. The molecule has 2 aromatic rings. The number of carbonyl (C=O) groups excluding carboxylic acids is 1. The Morgan fingerprint density at radius 2 is 2.04 bits per heavy atom. The van der Waals surface area contributed by atoms with Crippen LogP contribution in [0.25, 0.3) is 0 Å². The molecule has 3 rings (SSSR count). The van der Waals surface area contributed by atoms with Crippen molar-refractivity contribution in [3.63, 3.8) is 0 Å². The van der Waals surface area contributed by atoms with E-state index in [2.05, 4.69) is 10.3 Å². The van der Waals surface area contributed by atoms with Crippen molar-refractivity contribution in [2.45, 2.75) is 43.8 Å². The van der Waals surface area contributed by atoms with Crippen molar-refractivity contribution in [1.82, 2.24) is 9.55 Å². The molecule has 0 spiro atoms. The molecule has 25 heavy (non-hydrogen) atoms. The first-order chi connectivity index (χ1) is 11.7. The summed E-state index contributed by atoms with van der Waals surface area (Å²) in [5.74, 6) is 0.0652. The van der Waals surface area contributed by atoms with Gasteiger partial charge in [0.2, 0.25) is 5.91 Å². The molecule has 1 unspecified atom stereocenters. The molecule has 0 radical (unpaired) electrons. The molecule has 1 aromatic carbocycles. The van der Waals surface area contributed by atoms with Gasteiger partial charge in [0.05, 0.1) is 11.7 Å². The number of halogens is 1. The Bertz CT molecular complexity index is 856. The van der Waals surface area contributed by atoms with E-state index in [0.29, 0.717) is 16.6 Å². The Morgan fingerprint density at radius 3 is 2.68 bits per heavy atom. The lowest BCUT2D eigenvalue weighted by atomic mass is 9.92. The highest BCUT2D eigenvalue weighted by molar-refractivity contribution is 7.99. The van der Waals surface area contributed by atoms with Crippen LogP contribution in [0.15, 0.2) is 40.3 Å². The molecule has 132 valence electrons. The first kappa shape index (κ1) is 17.7. The van der Waals surface area contributed by atoms with Crippen molar-refractivity contribution >= 4 is 23.4 Å². The molecule has 0 fully saturated rings.